The molecule has 1 aromatic carbocycles. The zero-order chi connectivity index (χ0) is 13.0. The van der Waals surface area contributed by atoms with E-state index in [0.717, 1.165) is 29.8 Å². The molecule has 1 aliphatic rings. The van der Waals surface area contributed by atoms with Crippen LogP contribution in [-0.4, -0.2) is 22.4 Å². The summed E-state index contributed by atoms with van der Waals surface area (Å²) in [5.41, 5.74) is 0.816. The second-order valence-corrected chi connectivity index (χ2v) is 6.03. The van der Waals surface area contributed by atoms with Crippen molar-refractivity contribution >= 4 is 23.4 Å². The van der Waals surface area contributed by atoms with E-state index in [4.69, 9.17) is 0 Å². The SMILES string of the molecule is CC(=O)Nc1ccc(SC2CCCCC2O)cc1. The lowest BCUT2D eigenvalue weighted by Gasteiger charge is -2.26. The van der Waals surface area contributed by atoms with E-state index in [2.05, 4.69) is 5.32 Å². The van der Waals surface area contributed by atoms with Crippen molar-refractivity contribution < 1.29 is 9.90 Å². The van der Waals surface area contributed by atoms with Crippen LogP contribution in [-0.2, 0) is 4.79 Å². The molecule has 4 heteroatoms. The van der Waals surface area contributed by atoms with Crippen LogP contribution in [0.2, 0.25) is 0 Å². The number of anilines is 1. The Morgan fingerprint density at radius 3 is 2.56 bits per heavy atom. The normalized spacial score (nSPS) is 23.7. The molecule has 0 aliphatic heterocycles. The van der Waals surface area contributed by atoms with Crippen LogP contribution < -0.4 is 5.32 Å². The summed E-state index contributed by atoms with van der Waals surface area (Å²) in [5.74, 6) is -0.0573. The van der Waals surface area contributed by atoms with Gasteiger partial charge in [0.15, 0.2) is 0 Å². The molecule has 3 nitrogen and oxygen atoms in total. The summed E-state index contributed by atoms with van der Waals surface area (Å²) in [4.78, 5) is 12.1. The number of aliphatic hydroxyl groups excluding tert-OH is 1. The molecular formula is C14H19NO2S. The average molecular weight is 265 g/mol. The van der Waals surface area contributed by atoms with Gasteiger partial charge in [-0.25, -0.2) is 0 Å². The van der Waals surface area contributed by atoms with Crippen molar-refractivity contribution in [2.45, 2.75) is 48.9 Å². The third kappa shape index (κ3) is 3.75. The van der Waals surface area contributed by atoms with E-state index in [9.17, 15) is 9.90 Å². The van der Waals surface area contributed by atoms with E-state index in [0.29, 0.717) is 5.25 Å². The topological polar surface area (TPSA) is 49.3 Å². The predicted octanol–water partition coefficient (Wildman–Crippen LogP) is 3.04. The number of hydrogen-bond donors (Lipinski definition) is 2. The highest BCUT2D eigenvalue weighted by Gasteiger charge is 2.23. The molecule has 2 N–H and O–H groups in total. The van der Waals surface area contributed by atoms with Crippen molar-refractivity contribution in [1.29, 1.82) is 0 Å². The molecule has 0 heterocycles. The lowest BCUT2D eigenvalue weighted by Crippen LogP contribution is -2.26. The van der Waals surface area contributed by atoms with Gasteiger partial charge >= 0.3 is 0 Å². The molecular weight excluding hydrogens is 246 g/mol. The van der Waals surface area contributed by atoms with Crippen LogP contribution in [0.5, 0.6) is 0 Å². The van der Waals surface area contributed by atoms with Crippen molar-refractivity contribution in [3.63, 3.8) is 0 Å². The zero-order valence-electron chi connectivity index (χ0n) is 10.6. The maximum absolute atomic E-state index is 10.9. The first-order valence-electron chi connectivity index (χ1n) is 6.37. The predicted molar refractivity (Wildman–Crippen MR) is 74.9 cm³/mol. The third-order valence-corrected chi connectivity index (χ3v) is 4.53. The van der Waals surface area contributed by atoms with Crippen molar-refractivity contribution in [2.75, 3.05) is 5.32 Å². The molecule has 2 atom stereocenters. The number of hydrogen-bond acceptors (Lipinski definition) is 3. The minimum absolute atomic E-state index is 0.0573. The van der Waals surface area contributed by atoms with Crippen LogP contribution in [0.15, 0.2) is 29.2 Å². The Kier molecular flexibility index (Phi) is 4.66. The quantitative estimate of drug-likeness (QED) is 0.883. The van der Waals surface area contributed by atoms with E-state index in [1.54, 1.807) is 11.8 Å². The van der Waals surface area contributed by atoms with Crippen LogP contribution in [0.1, 0.15) is 32.6 Å². The van der Waals surface area contributed by atoms with Crippen molar-refractivity contribution in [3.8, 4) is 0 Å². The Bertz CT molecular complexity index is 405. The highest BCUT2D eigenvalue weighted by Crippen LogP contribution is 2.34. The first-order valence-corrected chi connectivity index (χ1v) is 7.25. The molecule has 0 spiro atoms. The standard InChI is InChI=1S/C14H19NO2S/c1-10(16)15-11-6-8-12(9-7-11)18-14-5-3-2-4-13(14)17/h6-9,13-14,17H,2-5H2,1H3,(H,15,16). The molecule has 1 aromatic rings. The average Bonchev–Trinajstić information content (AvgIpc) is 2.34. The molecule has 1 amide bonds. The summed E-state index contributed by atoms with van der Waals surface area (Å²) in [6.07, 6.45) is 4.16. The number of carbonyl (C=O) groups excluding carboxylic acids is 1. The number of carbonyl (C=O) groups is 1. The molecule has 18 heavy (non-hydrogen) atoms. The van der Waals surface area contributed by atoms with E-state index in [1.165, 1.54) is 13.3 Å². The molecule has 0 aromatic heterocycles. The fraction of sp³-hybridized carbons (Fsp3) is 0.500. The second kappa shape index (κ2) is 6.25. The van der Waals surface area contributed by atoms with Crippen molar-refractivity contribution in [1.82, 2.24) is 0 Å². The van der Waals surface area contributed by atoms with Crippen LogP contribution >= 0.6 is 11.8 Å². The number of aliphatic hydroxyl groups is 1. The maximum Gasteiger partial charge on any atom is 0.221 e. The summed E-state index contributed by atoms with van der Waals surface area (Å²) < 4.78 is 0. The largest absolute Gasteiger partial charge is 0.392 e. The Balaban J connectivity index is 1.95. The fourth-order valence-corrected chi connectivity index (χ4v) is 3.43. The summed E-state index contributed by atoms with van der Waals surface area (Å²) >= 11 is 1.74. The van der Waals surface area contributed by atoms with Crippen LogP contribution in [0.3, 0.4) is 0 Å². The first kappa shape index (κ1) is 13.4. The smallest absolute Gasteiger partial charge is 0.221 e. The lowest BCUT2D eigenvalue weighted by atomic mass is 9.97. The summed E-state index contributed by atoms with van der Waals surface area (Å²) in [5, 5.41) is 13.0. The second-order valence-electron chi connectivity index (χ2n) is 4.71. The van der Waals surface area contributed by atoms with Gasteiger partial charge in [-0.1, -0.05) is 12.8 Å². The minimum Gasteiger partial charge on any atom is -0.392 e. The van der Waals surface area contributed by atoms with Gasteiger partial charge in [-0.15, -0.1) is 11.8 Å². The zero-order valence-corrected chi connectivity index (χ0v) is 11.4. The van der Waals surface area contributed by atoms with Crippen LogP contribution in [0.4, 0.5) is 5.69 Å². The van der Waals surface area contributed by atoms with Gasteiger partial charge in [0.1, 0.15) is 0 Å². The molecule has 2 unspecified atom stereocenters. The Morgan fingerprint density at radius 2 is 1.94 bits per heavy atom. The van der Waals surface area contributed by atoms with Gasteiger partial charge in [0.2, 0.25) is 5.91 Å². The van der Waals surface area contributed by atoms with Gasteiger partial charge in [0.25, 0.3) is 0 Å². The Hall–Kier alpha value is -1.00. The highest BCUT2D eigenvalue weighted by atomic mass is 32.2. The van der Waals surface area contributed by atoms with Gasteiger partial charge in [-0.05, 0) is 37.1 Å². The molecule has 1 aliphatic carbocycles. The first-order chi connectivity index (χ1) is 8.65. The van der Waals surface area contributed by atoms with Gasteiger partial charge in [-0.3, -0.25) is 4.79 Å². The van der Waals surface area contributed by atoms with E-state index < -0.39 is 0 Å². The van der Waals surface area contributed by atoms with Gasteiger partial charge < -0.3 is 10.4 Å². The Morgan fingerprint density at radius 1 is 1.28 bits per heavy atom. The van der Waals surface area contributed by atoms with Crippen molar-refractivity contribution in [3.05, 3.63) is 24.3 Å². The lowest BCUT2D eigenvalue weighted by molar-refractivity contribution is -0.114. The maximum atomic E-state index is 10.9. The van der Waals surface area contributed by atoms with Gasteiger partial charge in [0, 0.05) is 22.8 Å². The van der Waals surface area contributed by atoms with Crippen LogP contribution in [0.25, 0.3) is 0 Å². The Labute approximate surface area is 112 Å². The number of benzene rings is 1. The number of rotatable bonds is 3. The summed E-state index contributed by atoms with van der Waals surface area (Å²) in [6.45, 7) is 1.50. The van der Waals surface area contributed by atoms with E-state index in [-0.39, 0.29) is 12.0 Å². The number of nitrogens with one attached hydrogen (secondary N) is 1. The monoisotopic (exact) mass is 265 g/mol. The van der Waals surface area contributed by atoms with E-state index >= 15 is 0 Å². The van der Waals surface area contributed by atoms with Crippen LogP contribution in [0, 0.1) is 0 Å². The highest BCUT2D eigenvalue weighted by molar-refractivity contribution is 8.00. The molecule has 98 valence electrons. The van der Waals surface area contributed by atoms with Gasteiger partial charge in [0.05, 0.1) is 6.10 Å². The molecule has 0 bridgehead atoms. The molecule has 0 saturated heterocycles. The number of thioether (sulfide) groups is 1. The third-order valence-electron chi connectivity index (χ3n) is 3.13. The van der Waals surface area contributed by atoms with E-state index in [1.807, 2.05) is 24.3 Å². The molecule has 2 rings (SSSR count). The molecule has 1 fully saturated rings. The fourth-order valence-electron chi connectivity index (χ4n) is 2.21. The van der Waals surface area contributed by atoms with Crippen molar-refractivity contribution in [2.24, 2.45) is 0 Å². The molecule has 0 radical (unpaired) electrons. The number of amides is 1. The summed E-state index contributed by atoms with van der Waals surface area (Å²) in [7, 11) is 0. The summed E-state index contributed by atoms with van der Waals surface area (Å²) in [6, 6.07) is 7.80. The molecule has 1 saturated carbocycles. The van der Waals surface area contributed by atoms with Gasteiger partial charge in [-0.2, -0.15) is 0 Å². The minimum atomic E-state index is -0.182.